The van der Waals surface area contributed by atoms with Gasteiger partial charge in [0.05, 0.1) is 5.56 Å². The molecule has 0 unspecified atom stereocenters. The summed E-state index contributed by atoms with van der Waals surface area (Å²) in [6.45, 7) is 1.98. The van der Waals surface area contributed by atoms with Crippen LogP contribution in [0.25, 0.3) is 0 Å². The second-order valence-corrected chi connectivity index (χ2v) is 5.14. The highest BCUT2D eigenvalue weighted by atomic mass is 79.9. The van der Waals surface area contributed by atoms with Gasteiger partial charge in [0, 0.05) is 12.5 Å². The molecule has 2 rings (SSSR count). The molecule has 3 nitrogen and oxygen atoms in total. The van der Waals surface area contributed by atoms with Crippen molar-refractivity contribution in [2.75, 3.05) is 0 Å². The predicted octanol–water partition coefficient (Wildman–Crippen LogP) is 5.00. The number of hydrogen-bond donors (Lipinski definition) is 0. The van der Waals surface area contributed by atoms with Crippen LogP contribution in [0.3, 0.4) is 0 Å². The summed E-state index contributed by atoms with van der Waals surface area (Å²) in [5.74, 6) is 0.867. The van der Waals surface area contributed by atoms with Crippen molar-refractivity contribution in [2.24, 2.45) is 0 Å². The molecule has 112 valence electrons. The molecule has 1 aromatic carbocycles. The van der Waals surface area contributed by atoms with E-state index in [4.69, 9.17) is 4.74 Å². The van der Waals surface area contributed by atoms with Crippen LogP contribution in [0.1, 0.15) is 24.7 Å². The summed E-state index contributed by atoms with van der Waals surface area (Å²) >= 11 is 3.23. The molecule has 0 fully saturated rings. The van der Waals surface area contributed by atoms with Gasteiger partial charge in [0.25, 0.3) is 0 Å². The number of aromatic nitrogens is 2. The Hall–Kier alpha value is -1.63. The molecular weight excluding hydrogens is 349 g/mol. The van der Waals surface area contributed by atoms with Crippen LogP contribution in [0, 0.1) is 0 Å². The van der Waals surface area contributed by atoms with Crippen molar-refractivity contribution in [2.45, 2.75) is 25.9 Å². The standard InChI is InChI=1S/C14H12BrF3N2O/c1-2-4-12-19-11(15)8-13(20-12)21-10-6-3-5-9(7-10)14(16,17)18/h3,5-8H,2,4H2,1H3. The predicted molar refractivity (Wildman–Crippen MR) is 75.2 cm³/mol. The van der Waals surface area contributed by atoms with Crippen molar-refractivity contribution in [3.8, 4) is 11.6 Å². The molecule has 0 amide bonds. The van der Waals surface area contributed by atoms with E-state index in [9.17, 15) is 13.2 Å². The Morgan fingerprint density at radius 3 is 2.62 bits per heavy atom. The first-order chi connectivity index (χ1) is 9.88. The van der Waals surface area contributed by atoms with E-state index >= 15 is 0 Å². The molecule has 7 heteroatoms. The van der Waals surface area contributed by atoms with Crippen LogP contribution in [0.15, 0.2) is 34.9 Å². The van der Waals surface area contributed by atoms with E-state index in [0.717, 1.165) is 18.6 Å². The maximum absolute atomic E-state index is 12.6. The molecule has 0 aliphatic rings. The zero-order valence-electron chi connectivity index (χ0n) is 11.1. The van der Waals surface area contributed by atoms with E-state index in [1.807, 2.05) is 6.92 Å². The molecule has 0 radical (unpaired) electrons. The van der Waals surface area contributed by atoms with Crippen LogP contribution >= 0.6 is 15.9 Å². The van der Waals surface area contributed by atoms with E-state index in [2.05, 4.69) is 25.9 Å². The van der Waals surface area contributed by atoms with Crippen LogP contribution in [0.5, 0.6) is 11.6 Å². The van der Waals surface area contributed by atoms with Gasteiger partial charge in [-0.25, -0.2) is 4.98 Å². The van der Waals surface area contributed by atoms with Crippen molar-refractivity contribution >= 4 is 15.9 Å². The summed E-state index contributed by atoms with van der Waals surface area (Å²) < 4.78 is 43.9. The van der Waals surface area contributed by atoms with E-state index in [1.165, 1.54) is 18.2 Å². The van der Waals surface area contributed by atoms with Crippen LogP contribution in [-0.4, -0.2) is 9.97 Å². The van der Waals surface area contributed by atoms with E-state index in [1.54, 1.807) is 0 Å². The quantitative estimate of drug-likeness (QED) is 0.719. The maximum Gasteiger partial charge on any atom is 0.416 e. The smallest absolute Gasteiger partial charge is 0.416 e. The zero-order chi connectivity index (χ0) is 15.5. The van der Waals surface area contributed by atoms with Gasteiger partial charge in [-0.2, -0.15) is 18.2 Å². The second kappa shape index (κ2) is 6.43. The van der Waals surface area contributed by atoms with Gasteiger partial charge in [-0.3, -0.25) is 0 Å². The van der Waals surface area contributed by atoms with E-state index in [0.29, 0.717) is 16.8 Å². The molecule has 1 heterocycles. The lowest BCUT2D eigenvalue weighted by Crippen LogP contribution is -2.04. The fourth-order valence-electron chi connectivity index (χ4n) is 1.69. The summed E-state index contributed by atoms with van der Waals surface area (Å²) in [6, 6.07) is 6.19. The number of ether oxygens (including phenoxy) is 1. The largest absolute Gasteiger partial charge is 0.439 e. The van der Waals surface area contributed by atoms with Gasteiger partial charge in [-0.1, -0.05) is 13.0 Å². The van der Waals surface area contributed by atoms with Crippen molar-refractivity contribution in [3.63, 3.8) is 0 Å². The second-order valence-electron chi connectivity index (χ2n) is 4.32. The van der Waals surface area contributed by atoms with E-state index < -0.39 is 11.7 Å². The lowest BCUT2D eigenvalue weighted by atomic mass is 10.2. The van der Waals surface area contributed by atoms with Gasteiger partial charge in [0.15, 0.2) is 0 Å². The normalized spacial score (nSPS) is 11.5. The molecule has 21 heavy (non-hydrogen) atoms. The molecule has 0 saturated carbocycles. The van der Waals surface area contributed by atoms with Gasteiger partial charge in [0.2, 0.25) is 5.88 Å². The Bertz CT molecular complexity index is 632. The number of rotatable bonds is 4. The SMILES string of the molecule is CCCc1nc(Br)cc(Oc2cccc(C(F)(F)F)c2)n1. The summed E-state index contributed by atoms with van der Waals surface area (Å²) in [7, 11) is 0. The minimum atomic E-state index is -4.40. The summed E-state index contributed by atoms with van der Waals surface area (Å²) in [5.41, 5.74) is -0.762. The number of benzene rings is 1. The third-order valence-electron chi connectivity index (χ3n) is 2.58. The Balaban J connectivity index is 2.26. The number of alkyl halides is 3. The molecule has 0 saturated heterocycles. The van der Waals surface area contributed by atoms with Crippen molar-refractivity contribution in [1.29, 1.82) is 0 Å². The van der Waals surface area contributed by atoms with Crippen molar-refractivity contribution in [3.05, 3.63) is 46.3 Å². The summed E-state index contributed by atoms with van der Waals surface area (Å²) in [6.07, 6.45) is -2.88. The van der Waals surface area contributed by atoms with Crippen molar-refractivity contribution < 1.29 is 17.9 Å². The Kier molecular flexibility index (Phi) is 4.82. The number of aryl methyl sites for hydroxylation is 1. The molecule has 0 N–H and O–H groups in total. The van der Waals surface area contributed by atoms with Gasteiger partial charge < -0.3 is 4.74 Å². The molecule has 0 aliphatic heterocycles. The van der Waals surface area contributed by atoms with Gasteiger partial charge in [0.1, 0.15) is 16.2 Å². The lowest BCUT2D eigenvalue weighted by molar-refractivity contribution is -0.137. The first-order valence-electron chi connectivity index (χ1n) is 6.27. The minimum absolute atomic E-state index is 0.0814. The number of nitrogens with zero attached hydrogens (tertiary/aromatic N) is 2. The number of halogens is 4. The topological polar surface area (TPSA) is 35.0 Å². The first kappa shape index (κ1) is 15.8. The van der Waals surface area contributed by atoms with Crippen LogP contribution in [0.4, 0.5) is 13.2 Å². The Morgan fingerprint density at radius 1 is 1.19 bits per heavy atom. The molecule has 0 bridgehead atoms. The molecule has 0 atom stereocenters. The highest BCUT2D eigenvalue weighted by Crippen LogP contribution is 2.32. The molecule has 0 spiro atoms. The van der Waals surface area contributed by atoms with Crippen LogP contribution in [0.2, 0.25) is 0 Å². The molecule has 1 aromatic heterocycles. The third-order valence-corrected chi connectivity index (χ3v) is 2.98. The highest BCUT2D eigenvalue weighted by Gasteiger charge is 2.30. The van der Waals surface area contributed by atoms with Gasteiger partial charge in [-0.05, 0) is 40.5 Å². The van der Waals surface area contributed by atoms with E-state index in [-0.39, 0.29) is 11.6 Å². The summed E-state index contributed by atoms with van der Waals surface area (Å²) in [5, 5.41) is 0. The van der Waals surface area contributed by atoms with Crippen molar-refractivity contribution in [1.82, 2.24) is 9.97 Å². The zero-order valence-corrected chi connectivity index (χ0v) is 12.7. The minimum Gasteiger partial charge on any atom is -0.439 e. The average molecular weight is 361 g/mol. The summed E-state index contributed by atoms with van der Waals surface area (Å²) in [4.78, 5) is 8.33. The van der Waals surface area contributed by atoms with Crippen LogP contribution < -0.4 is 4.74 Å². The van der Waals surface area contributed by atoms with Crippen LogP contribution in [-0.2, 0) is 12.6 Å². The molecule has 0 aliphatic carbocycles. The first-order valence-corrected chi connectivity index (χ1v) is 7.06. The monoisotopic (exact) mass is 360 g/mol. The fraction of sp³-hybridized carbons (Fsp3) is 0.286. The molecule has 2 aromatic rings. The van der Waals surface area contributed by atoms with Gasteiger partial charge in [-0.15, -0.1) is 0 Å². The highest BCUT2D eigenvalue weighted by molar-refractivity contribution is 9.10. The lowest BCUT2D eigenvalue weighted by Gasteiger charge is -2.10. The number of hydrogen-bond acceptors (Lipinski definition) is 3. The third kappa shape index (κ3) is 4.42. The fourth-order valence-corrected chi connectivity index (χ4v) is 2.09. The Labute approximate surface area is 128 Å². The Morgan fingerprint density at radius 2 is 1.95 bits per heavy atom. The molecular formula is C14H12BrF3N2O. The average Bonchev–Trinajstić information content (AvgIpc) is 2.37. The van der Waals surface area contributed by atoms with Gasteiger partial charge >= 0.3 is 6.18 Å². The maximum atomic E-state index is 12.6.